The third-order valence-corrected chi connectivity index (χ3v) is 3.03. The largest absolute Gasteiger partial charge is 0.317 e. The molecule has 2 N–H and O–H groups in total. The summed E-state index contributed by atoms with van der Waals surface area (Å²) in [6.45, 7) is 6.25. The van der Waals surface area contributed by atoms with Crippen LogP contribution < -0.4 is 10.6 Å². The number of hydrogen-bond acceptors (Lipinski definition) is 4. The molecule has 0 aliphatic heterocycles. The maximum Gasteiger partial charge on any atom is 0.0931 e. The molecule has 1 heterocycles. The number of fused-ring (bicyclic) bond motifs is 1. The van der Waals surface area contributed by atoms with Gasteiger partial charge in [-0.25, -0.2) is 0 Å². The Hall–Kier alpha value is -1.52. The molecule has 102 valence electrons. The topological polar surface area (TPSA) is 49.8 Å². The third-order valence-electron chi connectivity index (χ3n) is 3.03. The molecule has 0 aliphatic rings. The highest BCUT2D eigenvalue weighted by atomic mass is 14.9. The maximum atomic E-state index is 4.41. The van der Waals surface area contributed by atoms with Crippen LogP contribution in [-0.4, -0.2) is 29.6 Å². The molecular formula is C15H22N4. The maximum absolute atomic E-state index is 4.41. The molecule has 4 heteroatoms. The Morgan fingerprint density at radius 2 is 1.84 bits per heavy atom. The molecule has 2 aromatic rings. The lowest BCUT2D eigenvalue weighted by Gasteiger charge is -2.07. The molecule has 4 nitrogen and oxygen atoms in total. The van der Waals surface area contributed by atoms with Crippen molar-refractivity contribution in [1.82, 2.24) is 20.6 Å². The second-order valence-corrected chi connectivity index (χ2v) is 4.62. The van der Waals surface area contributed by atoms with E-state index in [9.17, 15) is 0 Å². The number of nitrogens with zero attached hydrogens (tertiary/aromatic N) is 2. The Labute approximate surface area is 114 Å². The normalized spacial score (nSPS) is 11.0. The molecule has 1 aromatic carbocycles. The SMILES string of the molecule is CCCNCCCNCc1cccc2nccnc12. The molecule has 0 radical (unpaired) electrons. The van der Waals surface area contributed by atoms with Crippen molar-refractivity contribution in [2.75, 3.05) is 19.6 Å². The van der Waals surface area contributed by atoms with Crippen LogP contribution in [0.3, 0.4) is 0 Å². The molecule has 0 saturated carbocycles. The van der Waals surface area contributed by atoms with Gasteiger partial charge in [-0.05, 0) is 44.1 Å². The highest BCUT2D eigenvalue weighted by Gasteiger charge is 2.01. The summed E-state index contributed by atoms with van der Waals surface area (Å²) in [6, 6.07) is 6.15. The molecule has 1 aromatic heterocycles. The second-order valence-electron chi connectivity index (χ2n) is 4.62. The summed E-state index contributed by atoms with van der Waals surface area (Å²) in [7, 11) is 0. The van der Waals surface area contributed by atoms with Crippen LogP contribution in [0.1, 0.15) is 25.3 Å². The second kappa shape index (κ2) is 7.81. The Morgan fingerprint density at radius 1 is 1.00 bits per heavy atom. The molecule has 0 saturated heterocycles. The van der Waals surface area contributed by atoms with Gasteiger partial charge in [0.15, 0.2) is 0 Å². The van der Waals surface area contributed by atoms with E-state index in [0.717, 1.165) is 43.6 Å². The molecule has 0 bridgehead atoms. The minimum atomic E-state index is 0.851. The van der Waals surface area contributed by atoms with Crippen molar-refractivity contribution in [3.8, 4) is 0 Å². The summed E-state index contributed by atoms with van der Waals surface area (Å²) in [5.41, 5.74) is 3.18. The molecule has 2 rings (SSSR count). The summed E-state index contributed by atoms with van der Waals surface area (Å²) in [5, 5.41) is 6.86. The predicted octanol–water partition coefficient (Wildman–Crippen LogP) is 2.11. The number of aromatic nitrogens is 2. The van der Waals surface area contributed by atoms with E-state index in [0.29, 0.717) is 0 Å². The van der Waals surface area contributed by atoms with Gasteiger partial charge in [-0.1, -0.05) is 19.1 Å². The van der Waals surface area contributed by atoms with E-state index < -0.39 is 0 Å². The standard InChI is InChI=1S/C15H22N4/c1-2-7-16-8-4-9-17-12-13-5-3-6-14-15(13)19-11-10-18-14/h3,5-6,10-11,16-17H,2,4,7-9,12H2,1H3. The minimum Gasteiger partial charge on any atom is -0.317 e. The predicted molar refractivity (Wildman–Crippen MR) is 79.0 cm³/mol. The molecule has 0 aliphatic carbocycles. The van der Waals surface area contributed by atoms with Crippen LogP contribution >= 0.6 is 0 Å². The van der Waals surface area contributed by atoms with E-state index >= 15 is 0 Å². The monoisotopic (exact) mass is 258 g/mol. The summed E-state index contributed by atoms with van der Waals surface area (Å²) in [4.78, 5) is 8.73. The number of nitrogens with one attached hydrogen (secondary N) is 2. The van der Waals surface area contributed by atoms with Crippen molar-refractivity contribution in [2.45, 2.75) is 26.3 Å². The molecule has 0 amide bonds. The highest BCUT2D eigenvalue weighted by Crippen LogP contribution is 2.13. The number of benzene rings is 1. The average molecular weight is 258 g/mol. The van der Waals surface area contributed by atoms with E-state index in [1.165, 1.54) is 12.0 Å². The lowest BCUT2D eigenvalue weighted by molar-refractivity contribution is 0.593. The zero-order valence-electron chi connectivity index (χ0n) is 11.5. The van der Waals surface area contributed by atoms with Crippen LogP contribution in [-0.2, 0) is 6.54 Å². The van der Waals surface area contributed by atoms with E-state index in [1.807, 2.05) is 12.1 Å². The van der Waals surface area contributed by atoms with Crippen LogP contribution in [0.25, 0.3) is 11.0 Å². The van der Waals surface area contributed by atoms with Gasteiger partial charge in [-0.3, -0.25) is 9.97 Å². The Bertz CT molecular complexity index is 493. The zero-order valence-corrected chi connectivity index (χ0v) is 11.5. The molecule has 19 heavy (non-hydrogen) atoms. The van der Waals surface area contributed by atoms with Gasteiger partial charge in [0, 0.05) is 18.9 Å². The molecular weight excluding hydrogens is 236 g/mol. The van der Waals surface area contributed by atoms with Crippen molar-refractivity contribution in [3.63, 3.8) is 0 Å². The lowest BCUT2D eigenvalue weighted by Crippen LogP contribution is -2.22. The van der Waals surface area contributed by atoms with Gasteiger partial charge in [0.25, 0.3) is 0 Å². The van der Waals surface area contributed by atoms with Crippen molar-refractivity contribution in [1.29, 1.82) is 0 Å². The van der Waals surface area contributed by atoms with E-state index in [4.69, 9.17) is 0 Å². The average Bonchev–Trinajstić information content (AvgIpc) is 2.46. The molecule has 0 atom stereocenters. The van der Waals surface area contributed by atoms with Gasteiger partial charge in [0.2, 0.25) is 0 Å². The van der Waals surface area contributed by atoms with Gasteiger partial charge in [0.05, 0.1) is 11.0 Å². The Balaban J connectivity index is 1.78. The zero-order chi connectivity index (χ0) is 13.3. The fourth-order valence-corrected chi connectivity index (χ4v) is 2.06. The summed E-state index contributed by atoms with van der Waals surface area (Å²) < 4.78 is 0. The summed E-state index contributed by atoms with van der Waals surface area (Å²) >= 11 is 0. The van der Waals surface area contributed by atoms with Crippen molar-refractivity contribution in [3.05, 3.63) is 36.2 Å². The summed E-state index contributed by atoms with van der Waals surface area (Å²) in [5.74, 6) is 0. The first-order valence-corrected chi connectivity index (χ1v) is 7.02. The Morgan fingerprint density at radius 3 is 2.74 bits per heavy atom. The van der Waals surface area contributed by atoms with Crippen LogP contribution in [0.5, 0.6) is 0 Å². The quantitative estimate of drug-likeness (QED) is 0.712. The fourth-order valence-electron chi connectivity index (χ4n) is 2.06. The molecule has 0 unspecified atom stereocenters. The Kier molecular flexibility index (Phi) is 5.72. The van der Waals surface area contributed by atoms with Crippen LogP contribution in [0, 0.1) is 0 Å². The van der Waals surface area contributed by atoms with Gasteiger partial charge in [-0.15, -0.1) is 0 Å². The minimum absolute atomic E-state index is 0.851. The van der Waals surface area contributed by atoms with Crippen LogP contribution in [0.15, 0.2) is 30.6 Å². The van der Waals surface area contributed by atoms with Crippen molar-refractivity contribution < 1.29 is 0 Å². The van der Waals surface area contributed by atoms with Gasteiger partial charge < -0.3 is 10.6 Å². The fraction of sp³-hybridized carbons (Fsp3) is 0.467. The summed E-state index contributed by atoms with van der Waals surface area (Å²) in [6.07, 6.45) is 5.83. The molecule has 0 spiro atoms. The van der Waals surface area contributed by atoms with Crippen molar-refractivity contribution >= 4 is 11.0 Å². The van der Waals surface area contributed by atoms with Gasteiger partial charge in [-0.2, -0.15) is 0 Å². The van der Waals surface area contributed by atoms with E-state index in [1.54, 1.807) is 12.4 Å². The van der Waals surface area contributed by atoms with Gasteiger partial charge >= 0.3 is 0 Å². The van der Waals surface area contributed by atoms with Crippen LogP contribution in [0.4, 0.5) is 0 Å². The third kappa shape index (κ3) is 4.26. The highest BCUT2D eigenvalue weighted by molar-refractivity contribution is 5.77. The molecule has 0 fully saturated rings. The number of para-hydroxylation sites is 1. The van der Waals surface area contributed by atoms with Crippen molar-refractivity contribution in [2.24, 2.45) is 0 Å². The van der Waals surface area contributed by atoms with Gasteiger partial charge in [0.1, 0.15) is 0 Å². The number of rotatable bonds is 8. The van der Waals surface area contributed by atoms with E-state index in [-0.39, 0.29) is 0 Å². The van der Waals surface area contributed by atoms with E-state index in [2.05, 4.69) is 33.6 Å². The number of hydrogen-bond donors (Lipinski definition) is 2. The smallest absolute Gasteiger partial charge is 0.0931 e. The first-order chi connectivity index (χ1) is 9.42. The first-order valence-electron chi connectivity index (χ1n) is 7.02. The lowest BCUT2D eigenvalue weighted by atomic mass is 10.1. The first kappa shape index (κ1) is 13.9. The van der Waals surface area contributed by atoms with Crippen LogP contribution in [0.2, 0.25) is 0 Å².